The number of nitrogens with zero attached hydrogens (tertiary/aromatic N) is 2. The number of hydrogen-bond acceptors (Lipinski definition) is 4. The largest absolute Gasteiger partial charge is 0.383 e. The molecule has 1 heterocycles. The van der Waals surface area contributed by atoms with Crippen molar-refractivity contribution in [1.29, 1.82) is 0 Å². The average Bonchev–Trinajstić information content (AvgIpc) is 2.62. The smallest absolute Gasteiger partial charge is 0.257 e. The standard InChI is InChI=1S/C14H16N2O3/c1-15(2)8-7-10(17)9-16-13(18)11-5-3-4-6-12(11)14(16)19/h3-8,13,18H,9H2,1-2H3/b8-7+. The minimum atomic E-state index is -1.04. The molecule has 1 aliphatic heterocycles. The summed E-state index contributed by atoms with van der Waals surface area (Å²) in [5, 5.41) is 10.1. The van der Waals surface area contributed by atoms with E-state index >= 15 is 0 Å². The molecule has 0 saturated heterocycles. The van der Waals surface area contributed by atoms with Crippen molar-refractivity contribution in [2.24, 2.45) is 0 Å². The van der Waals surface area contributed by atoms with Gasteiger partial charge < -0.3 is 14.9 Å². The van der Waals surface area contributed by atoms with Crippen LogP contribution in [0.4, 0.5) is 0 Å². The number of aliphatic hydroxyl groups excluding tert-OH is 1. The van der Waals surface area contributed by atoms with Crippen molar-refractivity contribution < 1.29 is 14.7 Å². The van der Waals surface area contributed by atoms with E-state index in [2.05, 4.69) is 0 Å². The van der Waals surface area contributed by atoms with Crippen LogP contribution in [0.25, 0.3) is 0 Å². The Kier molecular flexibility index (Phi) is 3.66. The molecule has 5 nitrogen and oxygen atoms in total. The van der Waals surface area contributed by atoms with Gasteiger partial charge in [-0.15, -0.1) is 0 Å². The number of hydrogen-bond donors (Lipinski definition) is 1. The quantitative estimate of drug-likeness (QED) is 0.813. The van der Waals surface area contributed by atoms with Crippen LogP contribution in [0.3, 0.4) is 0 Å². The summed E-state index contributed by atoms with van der Waals surface area (Å²) in [4.78, 5) is 26.7. The zero-order valence-corrected chi connectivity index (χ0v) is 10.9. The van der Waals surface area contributed by atoms with E-state index in [1.54, 1.807) is 49.5 Å². The Morgan fingerprint density at radius 1 is 1.42 bits per heavy atom. The molecule has 19 heavy (non-hydrogen) atoms. The van der Waals surface area contributed by atoms with Gasteiger partial charge in [0.05, 0.1) is 6.54 Å². The number of rotatable bonds is 4. The summed E-state index contributed by atoms with van der Waals surface area (Å²) in [6, 6.07) is 6.84. The van der Waals surface area contributed by atoms with E-state index in [1.807, 2.05) is 0 Å². The summed E-state index contributed by atoms with van der Waals surface area (Å²) in [6.07, 6.45) is 1.96. The van der Waals surface area contributed by atoms with Crippen molar-refractivity contribution in [3.05, 3.63) is 47.7 Å². The highest BCUT2D eigenvalue weighted by Crippen LogP contribution is 2.30. The van der Waals surface area contributed by atoms with Crippen molar-refractivity contribution >= 4 is 11.7 Å². The molecule has 0 aromatic heterocycles. The predicted molar refractivity (Wildman–Crippen MR) is 70.3 cm³/mol. The first-order valence-corrected chi connectivity index (χ1v) is 5.96. The lowest BCUT2D eigenvalue weighted by Crippen LogP contribution is -2.32. The molecule has 5 heteroatoms. The molecule has 1 aromatic rings. The fourth-order valence-electron chi connectivity index (χ4n) is 1.96. The summed E-state index contributed by atoms with van der Waals surface area (Å²) in [6.45, 7) is -0.126. The monoisotopic (exact) mass is 260 g/mol. The molecule has 1 unspecified atom stereocenters. The molecular formula is C14H16N2O3. The first-order valence-electron chi connectivity index (χ1n) is 5.96. The number of ketones is 1. The molecule has 0 spiro atoms. The maximum Gasteiger partial charge on any atom is 0.257 e. The third-order valence-corrected chi connectivity index (χ3v) is 2.91. The van der Waals surface area contributed by atoms with E-state index < -0.39 is 6.23 Å². The van der Waals surface area contributed by atoms with Gasteiger partial charge in [-0.2, -0.15) is 0 Å². The lowest BCUT2D eigenvalue weighted by Gasteiger charge is -2.19. The summed E-state index contributed by atoms with van der Waals surface area (Å²) >= 11 is 0. The Morgan fingerprint density at radius 3 is 2.74 bits per heavy atom. The van der Waals surface area contributed by atoms with Crippen LogP contribution in [0.5, 0.6) is 0 Å². The van der Waals surface area contributed by atoms with Crippen LogP contribution < -0.4 is 0 Å². The second kappa shape index (κ2) is 5.24. The Hall–Kier alpha value is -2.14. The Labute approximate surface area is 111 Å². The summed E-state index contributed by atoms with van der Waals surface area (Å²) < 4.78 is 0. The van der Waals surface area contributed by atoms with E-state index in [9.17, 15) is 14.7 Å². The van der Waals surface area contributed by atoms with E-state index in [0.717, 1.165) is 0 Å². The highest BCUT2D eigenvalue weighted by Gasteiger charge is 2.35. The molecule has 0 fully saturated rings. The minimum absolute atomic E-state index is 0.126. The normalized spacial score (nSPS) is 17.9. The molecule has 0 bridgehead atoms. The summed E-state index contributed by atoms with van der Waals surface area (Å²) in [5.41, 5.74) is 1.01. The van der Waals surface area contributed by atoms with Crippen molar-refractivity contribution in [2.45, 2.75) is 6.23 Å². The Balaban J connectivity index is 2.12. The van der Waals surface area contributed by atoms with Crippen LogP contribution in [0, 0.1) is 0 Å². The van der Waals surface area contributed by atoms with Gasteiger partial charge in [-0.3, -0.25) is 9.59 Å². The Morgan fingerprint density at radius 2 is 2.11 bits per heavy atom. The van der Waals surface area contributed by atoms with E-state index in [0.29, 0.717) is 11.1 Å². The lowest BCUT2D eigenvalue weighted by molar-refractivity contribution is -0.117. The zero-order valence-electron chi connectivity index (χ0n) is 10.9. The highest BCUT2D eigenvalue weighted by molar-refractivity contribution is 6.02. The number of carbonyl (C=O) groups is 2. The molecule has 100 valence electrons. The number of fused-ring (bicyclic) bond motifs is 1. The molecule has 0 aliphatic carbocycles. The van der Waals surface area contributed by atoms with Gasteiger partial charge in [0.15, 0.2) is 12.0 Å². The summed E-state index contributed by atoms with van der Waals surface area (Å²) in [5.74, 6) is -0.538. The highest BCUT2D eigenvalue weighted by atomic mass is 16.3. The fourth-order valence-corrected chi connectivity index (χ4v) is 1.96. The van der Waals surface area contributed by atoms with Crippen molar-refractivity contribution in [1.82, 2.24) is 9.80 Å². The zero-order chi connectivity index (χ0) is 14.0. The summed E-state index contributed by atoms with van der Waals surface area (Å²) in [7, 11) is 3.60. The van der Waals surface area contributed by atoms with Gasteiger partial charge in [0.2, 0.25) is 0 Å². The third kappa shape index (κ3) is 2.66. The van der Waals surface area contributed by atoms with E-state index in [4.69, 9.17) is 0 Å². The Bertz CT molecular complexity index is 537. The van der Waals surface area contributed by atoms with Gasteiger partial charge in [0.1, 0.15) is 0 Å². The fraction of sp³-hybridized carbons (Fsp3) is 0.286. The van der Waals surface area contributed by atoms with Crippen molar-refractivity contribution in [3.63, 3.8) is 0 Å². The third-order valence-electron chi connectivity index (χ3n) is 2.91. The first-order chi connectivity index (χ1) is 9.00. The lowest BCUT2D eigenvalue weighted by atomic mass is 10.1. The first kappa shape index (κ1) is 13.3. The molecule has 1 aliphatic rings. The van der Waals surface area contributed by atoms with Crippen LogP contribution in [0.2, 0.25) is 0 Å². The number of carbonyl (C=O) groups excluding carboxylic acids is 2. The second-order valence-electron chi connectivity index (χ2n) is 4.64. The SMILES string of the molecule is CN(C)/C=C/C(=O)CN1C(=O)c2ccccc2C1O. The average molecular weight is 260 g/mol. The molecular weight excluding hydrogens is 244 g/mol. The number of amides is 1. The van der Waals surface area contributed by atoms with Gasteiger partial charge in [0, 0.05) is 31.4 Å². The van der Waals surface area contributed by atoms with Crippen LogP contribution in [0.1, 0.15) is 22.1 Å². The van der Waals surface area contributed by atoms with Gasteiger partial charge in [0.25, 0.3) is 5.91 Å². The van der Waals surface area contributed by atoms with Gasteiger partial charge in [-0.1, -0.05) is 18.2 Å². The molecule has 2 rings (SSSR count). The van der Waals surface area contributed by atoms with Gasteiger partial charge in [-0.25, -0.2) is 0 Å². The number of benzene rings is 1. The van der Waals surface area contributed by atoms with E-state index in [-0.39, 0.29) is 18.2 Å². The van der Waals surface area contributed by atoms with Crippen molar-refractivity contribution in [2.75, 3.05) is 20.6 Å². The molecule has 1 amide bonds. The van der Waals surface area contributed by atoms with Crippen LogP contribution in [-0.2, 0) is 4.79 Å². The maximum absolute atomic E-state index is 12.1. The van der Waals surface area contributed by atoms with Gasteiger partial charge >= 0.3 is 0 Å². The predicted octanol–water partition coefficient (Wildman–Crippen LogP) is 0.778. The molecule has 0 radical (unpaired) electrons. The maximum atomic E-state index is 12.1. The van der Waals surface area contributed by atoms with E-state index in [1.165, 1.54) is 11.0 Å². The molecule has 1 aromatic carbocycles. The van der Waals surface area contributed by atoms with Gasteiger partial charge in [-0.05, 0) is 12.1 Å². The molecule has 1 atom stereocenters. The number of aliphatic hydroxyl groups is 1. The van der Waals surface area contributed by atoms with Crippen LogP contribution >= 0.6 is 0 Å². The molecule has 0 saturated carbocycles. The minimum Gasteiger partial charge on any atom is -0.383 e. The van der Waals surface area contributed by atoms with Crippen molar-refractivity contribution in [3.8, 4) is 0 Å². The van der Waals surface area contributed by atoms with Crippen LogP contribution in [0.15, 0.2) is 36.5 Å². The second-order valence-corrected chi connectivity index (χ2v) is 4.64. The van der Waals surface area contributed by atoms with Crippen LogP contribution in [-0.4, -0.2) is 47.2 Å². The topological polar surface area (TPSA) is 60.9 Å². The molecule has 1 N–H and O–H groups in total.